The number of carbonyl (C=O) groups excluding carboxylic acids is 2. The van der Waals surface area contributed by atoms with Crippen molar-refractivity contribution in [2.75, 3.05) is 33.9 Å². The van der Waals surface area contributed by atoms with E-state index in [4.69, 9.17) is 25.5 Å². The van der Waals surface area contributed by atoms with Crippen LogP contribution in [-0.2, 0) is 17.8 Å². The van der Waals surface area contributed by atoms with Gasteiger partial charge in [0.25, 0.3) is 5.91 Å². The highest BCUT2D eigenvalue weighted by Gasteiger charge is 2.30. The van der Waals surface area contributed by atoms with E-state index < -0.39 is 0 Å². The van der Waals surface area contributed by atoms with Gasteiger partial charge in [0.1, 0.15) is 18.1 Å². The Kier molecular flexibility index (Phi) is 8.77. The van der Waals surface area contributed by atoms with Gasteiger partial charge in [0.15, 0.2) is 11.5 Å². The summed E-state index contributed by atoms with van der Waals surface area (Å²) in [6.45, 7) is 3.23. The molecule has 8 heteroatoms. The highest BCUT2D eigenvalue weighted by Crippen LogP contribution is 2.30. The van der Waals surface area contributed by atoms with Crippen LogP contribution in [0.5, 0.6) is 11.5 Å². The fourth-order valence-electron chi connectivity index (χ4n) is 4.22. The van der Waals surface area contributed by atoms with Crippen LogP contribution in [0.15, 0.2) is 59.0 Å². The predicted molar refractivity (Wildman–Crippen MR) is 142 cm³/mol. The Hall–Kier alpha value is -3.45. The van der Waals surface area contributed by atoms with Crippen LogP contribution >= 0.6 is 11.6 Å². The summed E-state index contributed by atoms with van der Waals surface area (Å²) in [6.07, 6.45) is 2.76. The molecular formula is C29H33ClN2O5. The van der Waals surface area contributed by atoms with Crippen LogP contribution in [0, 0.1) is 12.8 Å². The molecule has 1 aromatic heterocycles. The predicted octanol–water partition coefficient (Wildman–Crippen LogP) is 5.38. The Morgan fingerprint density at radius 1 is 0.973 bits per heavy atom. The van der Waals surface area contributed by atoms with Crippen molar-refractivity contribution in [3.63, 3.8) is 0 Å². The number of hydrogen-bond acceptors (Lipinski definition) is 5. The van der Waals surface area contributed by atoms with Crippen molar-refractivity contribution in [3.8, 4) is 11.5 Å². The summed E-state index contributed by atoms with van der Waals surface area (Å²) >= 11 is 6.01. The number of rotatable bonds is 12. The van der Waals surface area contributed by atoms with E-state index in [2.05, 4.69) is 0 Å². The lowest BCUT2D eigenvalue weighted by atomic mass is 10.1. The van der Waals surface area contributed by atoms with Crippen LogP contribution in [0.1, 0.15) is 40.3 Å². The number of carbonyl (C=O) groups is 2. The lowest BCUT2D eigenvalue weighted by Crippen LogP contribution is -2.44. The molecule has 0 radical (unpaired) electrons. The maximum Gasteiger partial charge on any atom is 0.254 e. The molecule has 0 unspecified atom stereocenters. The van der Waals surface area contributed by atoms with Crippen LogP contribution in [0.25, 0.3) is 0 Å². The van der Waals surface area contributed by atoms with Crippen molar-refractivity contribution in [2.24, 2.45) is 5.92 Å². The summed E-state index contributed by atoms with van der Waals surface area (Å²) in [7, 11) is 3.20. The first-order chi connectivity index (χ1) is 17.9. The summed E-state index contributed by atoms with van der Waals surface area (Å²) in [5.41, 5.74) is 1.54. The number of nitrogens with zero attached hydrogens (tertiary/aromatic N) is 2. The average Bonchev–Trinajstić information content (AvgIpc) is 3.63. The number of amides is 2. The number of furan rings is 1. The Morgan fingerprint density at radius 3 is 2.32 bits per heavy atom. The zero-order valence-corrected chi connectivity index (χ0v) is 22.3. The largest absolute Gasteiger partial charge is 0.493 e. The van der Waals surface area contributed by atoms with Crippen molar-refractivity contribution in [2.45, 2.75) is 32.7 Å². The smallest absolute Gasteiger partial charge is 0.254 e. The molecule has 1 aliphatic rings. The summed E-state index contributed by atoms with van der Waals surface area (Å²) < 4.78 is 16.5. The third-order valence-corrected chi connectivity index (χ3v) is 6.75. The molecule has 2 amide bonds. The minimum Gasteiger partial charge on any atom is -0.493 e. The first kappa shape index (κ1) is 26.6. The number of benzene rings is 2. The molecule has 37 heavy (non-hydrogen) atoms. The zero-order valence-electron chi connectivity index (χ0n) is 21.5. The van der Waals surface area contributed by atoms with E-state index in [0.29, 0.717) is 59.8 Å². The van der Waals surface area contributed by atoms with Gasteiger partial charge in [-0.2, -0.15) is 0 Å². The lowest BCUT2D eigenvalue weighted by Gasteiger charge is -2.27. The topological polar surface area (TPSA) is 72.2 Å². The maximum absolute atomic E-state index is 13.6. The number of halogens is 1. The summed E-state index contributed by atoms with van der Waals surface area (Å²) in [5, 5.41) is 0.566. The molecule has 0 aliphatic heterocycles. The average molecular weight is 525 g/mol. The van der Waals surface area contributed by atoms with E-state index in [0.717, 1.165) is 24.2 Å². The van der Waals surface area contributed by atoms with Crippen molar-refractivity contribution < 1.29 is 23.5 Å². The molecule has 1 aliphatic carbocycles. The third kappa shape index (κ3) is 7.29. The van der Waals surface area contributed by atoms with Crippen LogP contribution in [0.2, 0.25) is 5.02 Å². The minimum atomic E-state index is -0.161. The van der Waals surface area contributed by atoms with Crippen LogP contribution in [0.3, 0.4) is 0 Å². The Bertz CT molecular complexity index is 1220. The highest BCUT2D eigenvalue weighted by molar-refractivity contribution is 6.30. The van der Waals surface area contributed by atoms with Crippen LogP contribution < -0.4 is 9.47 Å². The zero-order chi connectivity index (χ0) is 26.4. The van der Waals surface area contributed by atoms with E-state index in [1.54, 1.807) is 48.3 Å². The summed E-state index contributed by atoms with van der Waals surface area (Å²) in [6, 6.07) is 16.3. The molecule has 0 bridgehead atoms. The SMILES string of the molecule is COc1ccc(CCN(Cc2ccc(C)o2)C(=O)CN(CC2CC2)C(=O)c2ccc(Cl)cc2)cc1OC. The van der Waals surface area contributed by atoms with Crippen molar-refractivity contribution in [3.05, 3.63) is 82.3 Å². The van der Waals surface area contributed by atoms with Gasteiger partial charge in [-0.05, 0) is 86.2 Å². The van der Waals surface area contributed by atoms with Gasteiger partial charge < -0.3 is 23.7 Å². The van der Waals surface area contributed by atoms with Crippen molar-refractivity contribution >= 4 is 23.4 Å². The second-order valence-corrected chi connectivity index (χ2v) is 9.84. The van der Waals surface area contributed by atoms with Gasteiger partial charge in [-0.15, -0.1) is 0 Å². The fourth-order valence-corrected chi connectivity index (χ4v) is 4.35. The fraction of sp³-hybridized carbons (Fsp3) is 0.379. The van der Waals surface area contributed by atoms with Gasteiger partial charge in [0.2, 0.25) is 5.91 Å². The van der Waals surface area contributed by atoms with E-state index in [1.807, 2.05) is 37.3 Å². The van der Waals surface area contributed by atoms with Gasteiger partial charge in [0.05, 0.1) is 20.8 Å². The van der Waals surface area contributed by atoms with Crippen LogP contribution in [0.4, 0.5) is 0 Å². The summed E-state index contributed by atoms with van der Waals surface area (Å²) in [5.74, 6) is 2.94. The Balaban J connectivity index is 1.50. The molecule has 0 atom stereocenters. The quantitative estimate of drug-likeness (QED) is 0.318. The normalized spacial score (nSPS) is 12.8. The van der Waals surface area contributed by atoms with E-state index in [1.165, 1.54) is 0 Å². The molecule has 1 heterocycles. The number of methoxy groups -OCH3 is 2. The standard InChI is InChI=1S/C29H33ClN2O5/c1-20-4-12-25(37-20)18-31(15-14-21-7-13-26(35-2)27(16-21)36-3)28(33)19-32(17-22-5-6-22)29(34)23-8-10-24(30)11-9-23/h4,7-13,16,22H,5-6,14-15,17-19H2,1-3H3. The monoisotopic (exact) mass is 524 g/mol. The molecule has 1 saturated carbocycles. The molecule has 0 saturated heterocycles. The van der Waals surface area contributed by atoms with Crippen molar-refractivity contribution in [1.82, 2.24) is 9.80 Å². The summed E-state index contributed by atoms with van der Waals surface area (Å²) in [4.78, 5) is 30.4. The molecule has 0 spiro atoms. The molecule has 1 fully saturated rings. The number of hydrogen-bond donors (Lipinski definition) is 0. The van der Waals surface area contributed by atoms with E-state index in [9.17, 15) is 9.59 Å². The van der Waals surface area contributed by atoms with E-state index in [-0.39, 0.29) is 18.4 Å². The van der Waals surface area contributed by atoms with Gasteiger partial charge in [-0.3, -0.25) is 9.59 Å². The third-order valence-electron chi connectivity index (χ3n) is 6.49. The van der Waals surface area contributed by atoms with Crippen molar-refractivity contribution in [1.29, 1.82) is 0 Å². The maximum atomic E-state index is 13.6. The van der Waals surface area contributed by atoms with Gasteiger partial charge in [0, 0.05) is 23.7 Å². The Morgan fingerprint density at radius 2 is 1.70 bits per heavy atom. The molecular weight excluding hydrogens is 492 g/mol. The van der Waals surface area contributed by atoms with E-state index >= 15 is 0 Å². The second-order valence-electron chi connectivity index (χ2n) is 9.40. The molecule has 2 aromatic carbocycles. The van der Waals surface area contributed by atoms with Gasteiger partial charge in [-0.25, -0.2) is 0 Å². The molecule has 196 valence electrons. The highest BCUT2D eigenvalue weighted by atomic mass is 35.5. The molecule has 7 nitrogen and oxygen atoms in total. The van der Waals surface area contributed by atoms with Crippen LogP contribution in [-0.4, -0.2) is 55.5 Å². The molecule has 4 rings (SSSR count). The lowest BCUT2D eigenvalue weighted by molar-refractivity contribution is -0.132. The Labute approximate surface area is 222 Å². The molecule has 0 N–H and O–H groups in total. The number of ether oxygens (including phenoxy) is 2. The first-order valence-corrected chi connectivity index (χ1v) is 12.8. The van der Waals surface area contributed by atoms with Gasteiger partial charge in [-0.1, -0.05) is 17.7 Å². The number of aryl methyl sites for hydroxylation is 1. The second kappa shape index (κ2) is 12.2. The molecule has 3 aromatic rings. The van der Waals surface area contributed by atoms with Gasteiger partial charge >= 0.3 is 0 Å². The first-order valence-electron chi connectivity index (χ1n) is 12.4. The minimum absolute atomic E-state index is 0.00356.